The van der Waals surface area contributed by atoms with Gasteiger partial charge in [0.25, 0.3) is 0 Å². The van der Waals surface area contributed by atoms with E-state index in [4.69, 9.17) is 0 Å². The average molecular weight is 336 g/mol. The highest BCUT2D eigenvalue weighted by molar-refractivity contribution is 9.10. The van der Waals surface area contributed by atoms with E-state index in [9.17, 15) is 0 Å². The third-order valence-corrected chi connectivity index (χ3v) is 4.73. The van der Waals surface area contributed by atoms with Crippen LogP contribution in [0.5, 0.6) is 0 Å². The Morgan fingerprint density at radius 1 is 1.11 bits per heavy atom. The molecule has 0 amide bonds. The molecule has 0 saturated carbocycles. The molecule has 0 radical (unpaired) electrons. The van der Waals surface area contributed by atoms with Gasteiger partial charge in [-0.25, -0.2) is 0 Å². The number of halogens is 1. The zero-order valence-electron chi connectivity index (χ0n) is 11.0. The Labute approximate surface area is 127 Å². The fourth-order valence-corrected chi connectivity index (χ4v) is 3.27. The van der Waals surface area contributed by atoms with Gasteiger partial charge >= 0.3 is 0 Å². The molecule has 100 valence electrons. The van der Waals surface area contributed by atoms with Crippen LogP contribution in [0, 0.1) is 0 Å². The highest BCUT2D eigenvalue weighted by Gasteiger charge is 2.03. The molecule has 0 aliphatic rings. The zero-order valence-corrected chi connectivity index (χ0v) is 13.4. The van der Waals surface area contributed by atoms with Crippen molar-refractivity contribution >= 4 is 27.7 Å². The van der Waals surface area contributed by atoms with Gasteiger partial charge in [-0.1, -0.05) is 43.0 Å². The van der Waals surface area contributed by atoms with Crippen LogP contribution in [-0.2, 0) is 6.54 Å². The van der Waals surface area contributed by atoms with Crippen molar-refractivity contribution in [2.75, 3.05) is 6.54 Å². The standard InChI is InChI=1S/C16H18BrNS/c1-2-10-18-12-13-8-9-16(15(17)11-13)19-14-6-4-3-5-7-14/h3-9,11,18H,2,10,12H2,1H3. The fraction of sp³-hybridized carbons (Fsp3) is 0.250. The third-order valence-electron chi connectivity index (χ3n) is 2.72. The first kappa shape index (κ1) is 14.6. The molecule has 0 aromatic heterocycles. The van der Waals surface area contributed by atoms with Crippen molar-refractivity contribution in [2.24, 2.45) is 0 Å². The van der Waals surface area contributed by atoms with Crippen molar-refractivity contribution in [3.05, 3.63) is 58.6 Å². The van der Waals surface area contributed by atoms with E-state index in [1.54, 1.807) is 11.8 Å². The summed E-state index contributed by atoms with van der Waals surface area (Å²) in [7, 11) is 0. The van der Waals surface area contributed by atoms with Crippen molar-refractivity contribution in [3.8, 4) is 0 Å². The topological polar surface area (TPSA) is 12.0 Å². The van der Waals surface area contributed by atoms with Gasteiger partial charge in [0.05, 0.1) is 0 Å². The molecule has 0 aliphatic heterocycles. The van der Waals surface area contributed by atoms with Crippen molar-refractivity contribution in [1.82, 2.24) is 5.32 Å². The summed E-state index contributed by atoms with van der Waals surface area (Å²) in [4.78, 5) is 2.52. The van der Waals surface area contributed by atoms with Crippen molar-refractivity contribution in [3.63, 3.8) is 0 Å². The van der Waals surface area contributed by atoms with Crippen molar-refractivity contribution in [2.45, 2.75) is 29.7 Å². The minimum atomic E-state index is 0.933. The Morgan fingerprint density at radius 2 is 1.89 bits per heavy atom. The lowest BCUT2D eigenvalue weighted by Gasteiger charge is -2.08. The zero-order chi connectivity index (χ0) is 13.5. The van der Waals surface area contributed by atoms with Gasteiger partial charge in [-0.3, -0.25) is 0 Å². The Morgan fingerprint density at radius 3 is 2.58 bits per heavy atom. The first-order chi connectivity index (χ1) is 9.29. The molecule has 19 heavy (non-hydrogen) atoms. The summed E-state index contributed by atoms with van der Waals surface area (Å²) in [5, 5.41) is 3.42. The van der Waals surface area contributed by atoms with Gasteiger partial charge in [0.15, 0.2) is 0 Å². The van der Waals surface area contributed by atoms with Crippen LogP contribution in [-0.4, -0.2) is 6.54 Å². The molecule has 2 aromatic rings. The van der Waals surface area contributed by atoms with Crippen molar-refractivity contribution in [1.29, 1.82) is 0 Å². The molecule has 2 rings (SSSR count). The van der Waals surface area contributed by atoms with Crippen LogP contribution in [0.2, 0.25) is 0 Å². The van der Waals surface area contributed by atoms with E-state index >= 15 is 0 Å². The van der Waals surface area contributed by atoms with Gasteiger partial charge in [0, 0.05) is 20.8 Å². The average Bonchev–Trinajstić information content (AvgIpc) is 2.43. The summed E-state index contributed by atoms with van der Waals surface area (Å²) in [6, 6.07) is 17.0. The summed E-state index contributed by atoms with van der Waals surface area (Å²) in [5.41, 5.74) is 1.32. The lowest BCUT2D eigenvalue weighted by Crippen LogP contribution is -2.13. The van der Waals surface area contributed by atoms with Gasteiger partial charge < -0.3 is 5.32 Å². The maximum atomic E-state index is 3.66. The molecule has 2 aromatic carbocycles. The second-order valence-electron chi connectivity index (χ2n) is 4.36. The van der Waals surface area contributed by atoms with Crippen LogP contribution >= 0.6 is 27.7 Å². The van der Waals surface area contributed by atoms with E-state index < -0.39 is 0 Å². The number of rotatable bonds is 6. The van der Waals surface area contributed by atoms with Crippen LogP contribution in [0.4, 0.5) is 0 Å². The molecule has 0 saturated heterocycles. The van der Waals surface area contributed by atoms with E-state index in [-0.39, 0.29) is 0 Å². The summed E-state index contributed by atoms with van der Waals surface area (Å²) >= 11 is 5.45. The lowest BCUT2D eigenvalue weighted by molar-refractivity contribution is 0.675. The van der Waals surface area contributed by atoms with Gasteiger partial charge in [-0.05, 0) is 58.7 Å². The molecule has 1 N–H and O–H groups in total. The Kier molecular flexibility index (Phi) is 5.95. The highest BCUT2D eigenvalue weighted by Crippen LogP contribution is 2.33. The summed E-state index contributed by atoms with van der Waals surface area (Å²) in [5.74, 6) is 0. The number of hydrogen-bond donors (Lipinski definition) is 1. The SMILES string of the molecule is CCCNCc1ccc(Sc2ccccc2)c(Br)c1. The molecule has 0 atom stereocenters. The first-order valence-corrected chi connectivity index (χ1v) is 8.12. The molecule has 1 nitrogen and oxygen atoms in total. The predicted molar refractivity (Wildman–Crippen MR) is 86.7 cm³/mol. The molecule has 0 fully saturated rings. The van der Waals surface area contributed by atoms with E-state index in [1.807, 2.05) is 6.07 Å². The van der Waals surface area contributed by atoms with E-state index in [0.717, 1.165) is 17.6 Å². The smallest absolute Gasteiger partial charge is 0.0318 e. The molecule has 0 bridgehead atoms. The van der Waals surface area contributed by atoms with Crippen LogP contribution in [0.3, 0.4) is 0 Å². The van der Waals surface area contributed by atoms with Gasteiger partial charge in [0.2, 0.25) is 0 Å². The monoisotopic (exact) mass is 335 g/mol. The molecule has 3 heteroatoms. The molecular formula is C16H18BrNS. The summed E-state index contributed by atoms with van der Waals surface area (Å²) in [6.45, 7) is 4.18. The van der Waals surface area contributed by atoms with Crippen LogP contribution in [0.25, 0.3) is 0 Å². The maximum absolute atomic E-state index is 3.66. The maximum Gasteiger partial charge on any atom is 0.0318 e. The third kappa shape index (κ3) is 4.68. The Balaban J connectivity index is 2.03. The van der Waals surface area contributed by atoms with E-state index in [1.165, 1.54) is 21.8 Å². The second kappa shape index (κ2) is 7.73. The Hall–Kier alpha value is -0.770. The summed E-state index contributed by atoms with van der Waals surface area (Å²) in [6.07, 6.45) is 1.17. The molecule has 0 heterocycles. The number of hydrogen-bond acceptors (Lipinski definition) is 2. The largest absolute Gasteiger partial charge is 0.313 e. The van der Waals surface area contributed by atoms with Gasteiger partial charge in [-0.15, -0.1) is 0 Å². The molecular weight excluding hydrogens is 318 g/mol. The lowest BCUT2D eigenvalue weighted by atomic mass is 10.2. The molecule has 0 aliphatic carbocycles. The van der Waals surface area contributed by atoms with Crippen LogP contribution in [0.1, 0.15) is 18.9 Å². The first-order valence-electron chi connectivity index (χ1n) is 6.51. The minimum Gasteiger partial charge on any atom is -0.313 e. The van der Waals surface area contributed by atoms with Crippen molar-refractivity contribution < 1.29 is 0 Å². The minimum absolute atomic E-state index is 0.933. The van der Waals surface area contributed by atoms with E-state index in [2.05, 4.69) is 70.6 Å². The normalized spacial score (nSPS) is 10.6. The van der Waals surface area contributed by atoms with Gasteiger partial charge in [-0.2, -0.15) is 0 Å². The molecule has 0 spiro atoms. The number of benzene rings is 2. The van der Waals surface area contributed by atoms with Gasteiger partial charge in [0.1, 0.15) is 0 Å². The molecule has 0 unspecified atom stereocenters. The van der Waals surface area contributed by atoms with Crippen LogP contribution < -0.4 is 5.32 Å². The summed E-state index contributed by atoms with van der Waals surface area (Å²) < 4.78 is 1.16. The highest BCUT2D eigenvalue weighted by atomic mass is 79.9. The predicted octanol–water partition coefficient (Wildman–Crippen LogP) is 5.10. The Bertz CT molecular complexity index is 513. The second-order valence-corrected chi connectivity index (χ2v) is 6.33. The van der Waals surface area contributed by atoms with E-state index in [0.29, 0.717) is 0 Å². The quantitative estimate of drug-likeness (QED) is 0.737. The van der Waals surface area contributed by atoms with Crippen LogP contribution in [0.15, 0.2) is 62.8 Å². The number of nitrogens with one attached hydrogen (secondary N) is 1. The fourth-order valence-electron chi connectivity index (χ4n) is 1.76.